The van der Waals surface area contributed by atoms with E-state index in [-0.39, 0.29) is 83.9 Å². The predicted molar refractivity (Wildman–Crippen MR) is 319 cm³/mol. The molecular formula is C63H88BrClF9MgN5O9. The average molecular weight is 1370 g/mol. The summed E-state index contributed by atoms with van der Waals surface area (Å²) in [5.41, 5.74) is -4.47. The van der Waals surface area contributed by atoms with Crippen LogP contribution in [0, 0.1) is 6.07 Å². The molecule has 5 fully saturated rings. The molecule has 0 aliphatic carbocycles. The van der Waals surface area contributed by atoms with E-state index in [0.717, 1.165) is 74.0 Å². The molecule has 0 saturated carbocycles. The maximum atomic E-state index is 13.0. The normalized spacial score (nSPS) is 18.1. The summed E-state index contributed by atoms with van der Waals surface area (Å²) in [6, 6.07) is 16.7. The number of hydrogen-bond acceptors (Lipinski definition) is 11. The van der Waals surface area contributed by atoms with E-state index in [1.54, 1.807) is 30.6 Å². The van der Waals surface area contributed by atoms with Gasteiger partial charge in [0.1, 0.15) is 22.6 Å². The number of ether oxygens (including phenoxy) is 4. The van der Waals surface area contributed by atoms with Crippen LogP contribution in [0.4, 0.5) is 53.9 Å². The minimum Gasteiger partial charge on any atom is -1.00 e. The SMILES string of the molecule is CC(C)(C)OC(=O)N1CCC(=O)CC1.CC(C)(C)OC(=O)N1CCC(O)(c2ccc(C(F)(F)F)cc2)CC1.CC(C)(C)OC(=O)N1CCC(OCCN2CCCC2)(c2ccc(C(F)(F)F)cc2)CC1.ClCCN1CCCC1.FC(F)(F)c1cc[c-]cc1.[Br-].[Mg+2]. The van der Waals surface area contributed by atoms with Crippen molar-refractivity contribution in [1.82, 2.24) is 24.5 Å². The number of ketones is 1. The molecule has 5 heterocycles. The number of alkyl halides is 10. The Balaban J connectivity index is 0.000000410. The zero-order valence-corrected chi connectivity index (χ0v) is 56.5. The number of piperidine rings is 3. The number of Topliss-reactive ketones (excluding diaryl/α,β-unsaturated/α-hetero) is 1. The van der Waals surface area contributed by atoms with Crippen molar-refractivity contribution in [2.24, 2.45) is 0 Å². The van der Waals surface area contributed by atoms with Crippen molar-refractivity contribution >= 4 is 58.7 Å². The van der Waals surface area contributed by atoms with E-state index in [4.69, 9.17) is 30.5 Å². The van der Waals surface area contributed by atoms with Crippen molar-refractivity contribution in [2.75, 3.05) is 91.0 Å². The third kappa shape index (κ3) is 29.2. The number of rotatable bonds is 8. The molecule has 3 amide bonds. The molecule has 498 valence electrons. The second kappa shape index (κ2) is 35.8. The van der Waals surface area contributed by atoms with Gasteiger partial charge in [0.25, 0.3) is 0 Å². The molecule has 3 aromatic carbocycles. The van der Waals surface area contributed by atoms with Gasteiger partial charge >= 0.3 is 59.9 Å². The van der Waals surface area contributed by atoms with Crippen LogP contribution in [0.15, 0.2) is 72.8 Å². The molecule has 0 atom stereocenters. The second-order valence-corrected chi connectivity index (χ2v) is 25.4. The van der Waals surface area contributed by atoms with Gasteiger partial charge in [-0.25, -0.2) is 14.4 Å². The Morgan fingerprint density at radius 2 is 0.831 bits per heavy atom. The summed E-state index contributed by atoms with van der Waals surface area (Å²) in [6.45, 7) is 25.8. The summed E-state index contributed by atoms with van der Waals surface area (Å²) in [7, 11) is 0. The van der Waals surface area contributed by atoms with E-state index in [9.17, 15) is 63.8 Å². The van der Waals surface area contributed by atoms with E-state index in [2.05, 4.69) is 15.9 Å². The fraction of sp³-hybridized carbons (Fsp3) is 0.651. The summed E-state index contributed by atoms with van der Waals surface area (Å²) >= 11 is 5.54. The zero-order valence-electron chi connectivity index (χ0n) is 52.7. The molecule has 0 spiro atoms. The van der Waals surface area contributed by atoms with E-state index < -0.39 is 69.3 Å². The van der Waals surface area contributed by atoms with E-state index in [0.29, 0.717) is 64.0 Å². The Kier molecular flexibility index (Phi) is 32.6. The van der Waals surface area contributed by atoms with Gasteiger partial charge in [-0.2, -0.15) is 69.8 Å². The molecule has 1 N–H and O–H groups in total. The predicted octanol–water partition coefficient (Wildman–Crippen LogP) is 11.0. The first-order valence-electron chi connectivity index (χ1n) is 29.5. The smallest absolute Gasteiger partial charge is 1.00 e. The first-order valence-corrected chi connectivity index (χ1v) is 30.1. The van der Waals surface area contributed by atoms with Crippen LogP contribution in [0.2, 0.25) is 0 Å². The largest absolute Gasteiger partial charge is 2.00 e. The molecule has 26 heteroatoms. The van der Waals surface area contributed by atoms with Gasteiger partial charge in [-0.3, -0.25) is 4.79 Å². The van der Waals surface area contributed by atoms with Crippen molar-refractivity contribution in [3.63, 3.8) is 0 Å². The quantitative estimate of drug-likeness (QED) is 0.0757. The average Bonchev–Trinajstić information content (AvgIpc) is 2.95. The third-order valence-electron chi connectivity index (χ3n) is 14.6. The van der Waals surface area contributed by atoms with Crippen LogP contribution in [-0.2, 0) is 53.5 Å². The molecule has 0 radical (unpaired) electrons. The number of carbonyl (C=O) groups excluding carboxylic acids is 4. The van der Waals surface area contributed by atoms with Crippen molar-refractivity contribution < 1.29 is 99.7 Å². The van der Waals surface area contributed by atoms with E-state index in [1.165, 1.54) is 80.1 Å². The fourth-order valence-electron chi connectivity index (χ4n) is 9.84. The molecular weight excluding hydrogens is 1280 g/mol. The van der Waals surface area contributed by atoms with Gasteiger partial charge in [-0.15, -0.1) is 11.6 Å². The molecule has 0 unspecified atom stereocenters. The number of aliphatic hydroxyl groups is 1. The van der Waals surface area contributed by atoms with Crippen LogP contribution in [0.1, 0.15) is 154 Å². The Labute approximate surface area is 550 Å². The summed E-state index contributed by atoms with van der Waals surface area (Å²) in [6.07, 6.45) is -6.58. The Morgan fingerprint density at radius 1 is 0.506 bits per heavy atom. The fourth-order valence-corrected chi connectivity index (χ4v) is 10.1. The summed E-state index contributed by atoms with van der Waals surface area (Å²) in [5.74, 6) is 1.02. The van der Waals surface area contributed by atoms with Gasteiger partial charge in [-0.1, -0.05) is 29.8 Å². The molecule has 8 rings (SSSR count). The van der Waals surface area contributed by atoms with Crippen LogP contribution in [0.25, 0.3) is 0 Å². The van der Waals surface area contributed by atoms with Gasteiger partial charge < -0.3 is 65.5 Å². The number of likely N-dealkylation sites (tertiary alicyclic amines) is 5. The Bertz CT molecular complexity index is 2570. The molecule has 3 aromatic rings. The number of benzene rings is 3. The van der Waals surface area contributed by atoms with E-state index >= 15 is 0 Å². The zero-order chi connectivity index (χ0) is 65.1. The van der Waals surface area contributed by atoms with Crippen molar-refractivity contribution in [2.45, 2.75) is 173 Å². The van der Waals surface area contributed by atoms with Gasteiger partial charge in [0.15, 0.2) is 0 Å². The number of amides is 3. The summed E-state index contributed by atoms with van der Waals surface area (Å²) in [5, 5.41) is 10.7. The van der Waals surface area contributed by atoms with Crippen LogP contribution < -0.4 is 17.0 Å². The van der Waals surface area contributed by atoms with Crippen LogP contribution >= 0.6 is 11.6 Å². The van der Waals surface area contributed by atoms with Gasteiger partial charge in [-0.05, 0) is 175 Å². The van der Waals surface area contributed by atoms with Crippen molar-refractivity contribution in [3.05, 3.63) is 107 Å². The van der Waals surface area contributed by atoms with Crippen LogP contribution in [-0.4, -0.2) is 185 Å². The molecule has 89 heavy (non-hydrogen) atoms. The summed E-state index contributed by atoms with van der Waals surface area (Å²) < 4.78 is 135. The maximum absolute atomic E-state index is 13.0. The molecule has 0 bridgehead atoms. The molecule has 5 aliphatic rings. The van der Waals surface area contributed by atoms with Gasteiger partial charge in [0.2, 0.25) is 0 Å². The first-order chi connectivity index (χ1) is 40.3. The number of carbonyl (C=O) groups is 4. The number of nitrogens with zero attached hydrogens (tertiary/aromatic N) is 5. The molecule has 0 aromatic heterocycles. The van der Waals surface area contributed by atoms with Crippen molar-refractivity contribution in [1.29, 1.82) is 0 Å². The molecule has 5 saturated heterocycles. The standard InChI is InChI=1S/C23H33F3N2O3.C17H22F3NO3.C10H17NO3.C7H4F3.C6H12ClN.BrH.Mg/c1-21(2,3)31-20(29)28-14-10-22(11-15-28,30-17-16-27-12-4-5-13-27)18-6-8-19(9-7-18)23(24,25)26;1-15(2,3)24-14(22)21-10-8-16(23,9-11-21)12-4-6-13(7-5-12)17(18,19)20;1-10(2,3)14-9(13)11-6-4-8(12)5-7-11;8-7(9,10)6-4-2-1-3-5-6;7-3-6-8-4-1-2-5-8;;/h6-9H,4-5,10-17H2,1-3H3;4-7,23H,8-11H2,1-3H3;4-7H2,1-3H3;2-5H;1-6H2;1H;/q;;;-1;;;+2/p-1. The number of hydrogen-bond donors (Lipinski definition) is 1. The number of halogens is 11. The minimum atomic E-state index is -4.40. The topological polar surface area (TPSA) is 142 Å². The maximum Gasteiger partial charge on any atom is 2.00 e. The monoisotopic (exact) mass is 1370 g/mol. The van der Waals surface area contributed by atoms with Crippen molar-refractivity contribution in [3.8, 4) is 0 Å². The minimum absolute atomic E-state index is 0. The Hall–Kier alpha value is -4.11. The molecule has 5 aliphatic heterocycles. The van der Waals surface area contributed by atoms with Crippen LogP contribution in [0.5, 0.6) is 0 Å². The molecule has 14 nitrogen and oxygen atoms in total. The Morgan fingerprint density at radius 3 is 1.17 bits per heavy atom. The van der Waals surface area contributed by atoms with Gasteiger partial charge in [0, 0.05) is 71.1 Å². The summed E-state index contributed by atoms with van der Waals surface area (Å²) in [4.78, 5) is 56.4. The van der Waals surface area contributed by atoms with Gasteiger partial charge in [0.05, 0.1) is 28.9 Å². The third-order valence-corrected chi connectivity index (χ3v) is 14.7. The first kappa shape index (κ1) is 81.0. The van der Waals surface area contributed by atoms with E-state index in [1.807, 2.05) is 41.5 Å². The van der Waals surface area contributed by atoms with Crippen LogP contribution in [0.3, 0.4) is 0 Å². The second-order valence-electron chi connectivity index (χ2n) is 25.0.